The molecule has 0 amide bonds. The number of carboxylic acids is 1. The van der Waals surface area contributed by atoms with Crippen LogP contribution in [0.1, 0.15) is 10.4 Å². The van der Waals surface area contributed by atoms with Crippen LogP contribution in [-0.2, 0) is 0 Å². The zero-order valence-corrected chi connectivity index (χ0v) is 12.9. The molecule has 0 aliphatic heterocycles. The lowest BCUT2D eigenvalue weighted by atomic mass is 10.1. The number of halogens is 1. The molecule has 0 saturated heterocycles. The van der Waals surface area contributed by atoms with Gasteiger partial charge in [0.05, 0.1) is 12.5 Å². The molecule has 3 rings (SSSR count). The first-order valence-corrected chi connectivity index (χ1v) is 6.55. The van der Waals surface area contributed by atoms with Crippen LogP contribution in [0.4, 0.5) is 0 Å². The van der Waals surface area contributed by atoms with Crippen LogP contribution in [0, 0.1) is 0 Å². The number of hydrogen-bond acceptors (Lipinski definition) is 4. The zero-order valence-electron chi connectivity index (χ0n) is 12.1. The molecule has 0 fully saturated rings. The molecule has 0 aliphatic carbocycles. The minimum atomic E-state index is -1.14. The Morgan fingerprint density at radius 3 is 2.57 bits per heavy atom. The van der Waals surface area contributed by atoms with E-state index in [4.69, 9.17) is 9.15 Å². The summed E-state index contributed by atoms with van der Waals surface area (Å²) >= 11 is 0. The molecule has 0 unspecified atom stereocenters. The van der Waals surface area contributed by atoms with E-state index in [-0.39, 0.29) is 34.4 Å². The lowest BCUT2D eigenvalue weighted by Gasteiger charge is -2.06. The van der Waals surface area contributed by atoms with Crippen molar-refractivity contribution >= 4 is 29.3 Å². The van der Waals surface area contributed by atoms with Gasteiger partial charge in [-0.2, -0.15) is 0 Å². The molecule has 23 heavy (non-hydrogen) atoms. The molecule has 0 atom stereocenters. The first kappa shape index (κ1) is 16.6. The van der Waals surface area contributed by atoms with Crippen LogP contribution in [0.3, 0.4) is 0 Å². The second kappa shape index (κ2) is 6.54. The van der Waals surface area contributed by atoms with E-state index in [0.717, 1.165) is 0 Å². The number of carbonyl (C=O) groups is 1. The van der Waals surface area contributed by atoms with Gasteiger partial charge in [0.15, 0.2) is 11.0 Å². The van der Waals surface area contributed by atoms with Crippen molar-refractivity contribution < 1.29 is 19.1 Å². The maximum atomic E-state index is 12.2. The van der Waals surface area contributed by atoms with E-state index in [1.54, 1.807) is 30.3 Å². The van der Waals surface area contributed by atoms with Gasteiger partial charge < -0.3 is 14.3 Å². The first-order chi connectivity index (χ1) is 10.6. The van der Waals surface area contributed by atoms with E-state index in [2.05, 4.69) is 0 Å². The molecule has 0 spiro atoms. The van der Waals surface area contributed by atoms with Gasteiger partial charge in [0.2, 0.25) is 0 Å². The van der Waals surface area contributed by atoms with Crippen LogP contribution in [0.15, 0.2) is 57.7 Å². The number of para-hydroxylation sites is 1. The van der Waals surface area contributed by atoms with Gasteiger partial charge in [-0.05, 0) is 24.3 Å². The molecule has 0 aliphatic rings. The summed E-state index contributed by atoms with van der Waals surface area (Å²) in [5.74, 6) is -0.228. The fourth-order valence-electron chi connectivity index (χ4n) is 2.26. The first-order valence-electron chi connectivity index (χ1n) is 6.55. The summed E-state index contributed by atoms with van der Waals surface area (Å²) in [6.07, 6.45) is 0. The Bertz CT molecular complexity index is 930. The summed E-state index contributed by atoms with van der Waals surface area (Å²) in [4.78, 5) is 23.5. The summed E-state index contributed by atoms with van der Waals surface area (Å²) in [5, 5.41) is 9.48. The van der Waals surface area contributed by atoms with Gasteiger partial charge >= 0.3 is 5.97 Å². The number of benzene rings is 2. The highest BCUT2D eigenvalue weighted by molar-refractivity contribution is 6.01. The Morgan fingerprint density at radius 2 is 1.87 bits per heavy atom. The van der Waals surface area contributed by atoms with Crippen LogP contribution in [0.2, 0.25) is 0 Å². The lowest BCUT2D eigenvalue weighted by Crippen LogP contribution is -2.05. The summed E-state index contributed by atoms with van der Waals surface area (Å²) in [7, 11) is 1.54. The molecule has 2 aromatic carbocycles. The molecule has 1 heterocycles. The van der Waals surface area contributed by atoms with Crippen molar-refractivity contribution in [3.8, 4) is 17.1 Å². The highest BCUT2D eigenvalue weighted by Crippen LogP contribution is 2.26. The Balaban J connectivity index is 0.00000192. The quantitative estimate of drug-likeness (QED) is 0.793. The Kier molecular flexibility index (Phi) is 4.71. The molecule has 0 bridgehead atoms. The predicted molar refractivity (Wildman–Crippen MR) is 88.7 cm³/mol. The molecule has 6 heteroatoms. The van der Waals surface area contributed by atoms with Crippen molar-refractivity contribution in [2.75, 3.05) is 7.11 Å². The summed E-state index contributed by atoms with van der Waals surface area (Å²) in [5.41, 5.74) is 0.375. The van der Waals surface area contributed by atoms with Crippen molar-refractivity contribution in [3.63, 3.8) is 0 Å². The molecule has 1 N–H and O–H groups in total. The summed E-state index contributed by atoms with van der Waals surface area (Å²) < 4.78 is 10.8. The number of carboxylic acid groups (broad SMARTS) is 1. The van der Waals surface area contributed by atoms with E-state index in [0.29, 0.717) is 17.1 Å². The van der Waals surface area contributed by atoms with Gasteiger partial charge in [-0.1, -0.05) is 18.2 Å². The molecular formula is C17H13ClO5. The smallest absolute Gasteiger partial charge is 0.339 e. The van der Waals surface area contributed by atoms with E-state index in [9.17, 15) is 14.7 Å². The van der Waals surface area contributed by atoms with Crippen LogP contribution in [0.25, 0.3) is 22.3 Å². The largest absolute Gasteiger partial charge is 0.497 e. The van der Waals surface area contributed by atoms with Crippen LogP contribution in [-0.4, -0.2) is 18.2 Å². The van der Waals surface area contributed by atoms with E-state index in [1.807, 2.05) is 0 Å². The number of hydrogen-bond donors (Lipinski definition) is 1. The zero-order chi connectivity index (χ0) is 15.7. The molecule has 0 radical (unpaired) electrons. The number of rotatable bonds is 3. The second-order valence-corrected chi connectivity index (χ2v) is 4.69. The predicted octanol–water partition coefficient (Wildman–Crippen LogP) is 3.59. The van der Waals surface area contributed by atoms with E-state index >= 15 is 0 Å². The van der Waals surface area contributed by atoms with Crippen molar-refractivity contribution in [2.24, 2.45) is 0 Å². The summed E-state index contributed by atoms with van der Waals surface area (Å²) in [6, 6.07) is 12.8. The van der Waals surface area contributed by atoms with Gasteiger partial charge in [0, 0.05) is 11.6 Å². The molecular weight excluding hydrogens is 320 g/mol. The highest BCUT2D eigenvalue weighted by Gasteiger charge is 2.14. The molecule has 5 nitrogen and oxygen atoms in total. The van der Waals surface area contributed by atoms with Gasteiger partial charge in [-0.3, -0.25) is 4.79 Å². The van der Waals surface area contributed by atoms with Crippen molar-refractivity contribution in [2.45, 2.75) is 0 Å². The highest BCUT2D eigenvalue weighted by atomic mass is 35.5. The topological polar surface area (TPSA) is 76.7 Å². The number of fused-ring (bicyclic) bond motifs is 1. The standard InChI is InChI=1S/C17H12O5.ClH/c1-21-11-5-2-4-10(8-11)15-9-14(18)12-6-3-7-13(17(19)20)16(12)22-15;/h2-9H,1H3,(H,19,20);1H. The fourth-order valence-corrected chi connectivity index (χ4v) is 2.26. The van der Waals surface area contributed by atoms with Crippen LogP contribution >= 0.6 is 12.4 Å². The number of aromatic carboxylic acids is 1. The minimum Gasteiger partial charge on any atom is -0.497 e. The minimum absolute atomic E-state index is 0. The monoisotopic (exact) mass is 332 g/mol. The second-order valence-electron chi connectivity index (χ2n) is 4.69. The maximum absolute atomic E-state index is 12.2. The average molecular weight is 333 g/mol. The van der Waals surface area contributed by atoms with Crippen molar-refractivity contribution in [1.82, 2.24) is 0 Å². The number of methoxy groups -OCH3 is 1. The maximum Gasteiger partial charge on any atom is 0.339 e. The average Bonchev–Trinajstić information content (AvgIpc) is 2.54. The third-order valence-corrected chi connectivity index (χ3v) is 3.34. The van der Waals surface area contributed by atoms with Gasteiger partial charge in [-0.15, -0.1) is 12.4 Å². The Hall–Kier alpha value is -2.79. The molecule has 3 aromatic rings. The third kappa shape index (κ3) is 3.05. The van der Waals surface area contributed by atoms with E-state index < -0.39 is 5.97 Å². The fraction of sp³-hybridized carbons (Fsp3) is 0.0588. The Labute approximate surface area is 137 Å². The van der Waals surface area contributed by atoms with Gasteiger partial charge in [-0.25, -0.2) is 4.79 Å². The van der Waals surface area contributed by atoms with Crippen molar-refractivity contribution in [3.05, 3.63) is 64.3 Å². The van der Waals surface area contributed by atoms with Gasteiger partial charge in [0.1, 0.15) is 17.1 Å². The third-order valence-electron chi connectivity index (χ3n) is 3.34. The SMILES string of the molecule is COc1cccc(-c2cc(=O)c3cccc(C(=O)O)c3o2)c1.Cl. The number of ether oxygens (including phenoxy) is 1. The molecule has 0 saturated carbocycles. The summed E-state index contributed by atoms with van der Waals surface area (Å²) in [6.45, 7) is 0. The Morgan fingerprint density at radius 1 is 1.13 bits per heavy atom. The normalized spacial score (nSPS) is 10.1. The lowest BCUT2D eigenvalue weighted by molar-refractivity contribution is 0.0698. The van der Waals surface area contributed by atoms with Gasteiger partial charge in [0.25, 0.3) is 0 Å². The van der Waals surface area contributed by atoms with Crippen molar-refractivity contribution in [1.29, 1.82) is 0 Å². The van der Waals surface area contributed by atoms with Crippen LogP contribution < -0.4 is 10.2 Å². The molecule has 118 valence electrons. The van der Waals surface area contributed by atoms with Crippen LogP contribution in [0.5, 0.6) is 5.75 Å². The molecule has 1 aromatic heterocycles. The van der Waals surface area contributed by atoms with E-state index in [1.165, 1.54) is 25.3 Å².